The number of piperidine rings is 1. The zero-order valence-corrected chi connectivity index (χ0v) is 9.55. The summed E-state index contributed by atoms with van der Waals surface area (Å²) in [5.41, 5.74) is 0.656. The highest BCUT2D eigenvalue weighted by atomic mass is 79.9. The Morgan fingerprint density at radius 3 is 3.08 bits per heavy atom. The second-order valence-corrected chi connectivity index (χ2v) is 5.48. The van der Waals surface area contributed by atoms with Gasteiger partial charge >= 0.3 is 0 Å². The summed E-state index contributed by atoms with van der Waals surface area (Å²) in [5.74, 6) is 0.961. The Balaban J connectivity index is 1.88. The van der Waals surface area contributed by atoms with E-state index in [1.165, 1.54) is 19.3 Å². The van der Waals surface area contributed by atoms with E-state index in [1.54, 1.807) is 12.1 Å². The van der Waals surface area contributed by atoms with Gasteiger partial charge in [-0.05, 0) is 25.2 Å². The molecule has 3 nitrogen and oxygen atoms in total. The number of nitrogens with zero attached hydrogens (tertiary/aromatic N) is 2. The maximum Gasteiger partial charge on any atom is 0.252 e. The van der Waals surface area contributed by atoms with E-state index in [1.807, 2.05) is 4.31 Å². The van der Waals surface area contributed by atoms with Gasteiger partial charge in [-0.2, -0.15) is 0 Å². The van der Waals surface area contributed by atoms with Crippen molar-refractivity contribution < 1.29 is 4.79 Å². The fraction of sp³-hybridized carbons (Fsp3) is 0.875. The summed E-state index contributed by atoms with van der Waals surface area (Å²) in [6, 6.07) is 0.884. The molecule has 5 heteroatoms. The fourth-order valence-electron chi connectivity index (χ4n) is 2.75. The largest absolute Gasteiger partial charge is 0.272 e. The molecule has 2 heterocycles. The Morgan fingerprint density at radius 2 is 2.38 bits per heavy atom. The van der Waals surface area contributed by atoms with Crippen molar-refractivity contribution in [3.8, 4) is 0 Å². The van der Waals surface area contributed by atoms with E-state index in [-0.39, 0.29) is 6.04 Å². The molecular formula is C8H11BrN2OS. The quantitative estimate of drug-likeness (QED) is 0.408. The third-order valence-corrected chi connectivity index (χ3v) is 5.38. The van der Waals surface area contributed by atoms with Crippen LogP contribution in [0.5, 0.6) is 0 Å². The summed E-state index contributed by atoms with van der Waals surface area (Å²) < 4.78 is 4.15. The average Bonchev–Trinajstić information content (AvgIpc) is 2.76. The molecule has 0 aromatic carbocycles. The minimum absolute atomic E-state index is 0.210. The number of hydrogen-bond donors (Lipinski definition) is 0. The lowest BCUT2D eigenvalue weighted by atomic mass is 9.99. The Labute approximate surface area is 90.2 Å². The lowest BCUT2D eigenvalue weighted by Crippen LogP contribution is -2.37. The van der Waals surface area contributed by atoms with Gasteiger partial charge in [-0.3, -0.25) is 9.10 Å². The van der Waals surface area contributed by atoms with Crippen LogP contribution in [-0.4, -0.2) is 32.1 Å². The minimum atomic E-state index is 0.210. The van der Waals surface area contributed by atoms with Gasteiger partial charge in [-0.25, -0.2) is 4.31 Å². The predicted octanol–water partition coefficient (Wildman–Crippen LogP) is 1.60. The van der Waals surface area contributed by atoms with Crippen molar-refractivity contribution in [3.05, 3.63) is 0 Å². The zero-order valence-electron chi connectivity index (χ0n) is 7.15. The predicted molar refractivity (Wildman–Crippen MR) is 55.0 cm³/mol. The van der Waals surface area contributed by atoms with E-state index in [2.05, 4.69) is 20.2 Å². The van der Waals surface area contributed by atoms with Gasteiger partial charge in [0.25, 0.3) is 5.91 Å². The van der Waals surface area contributed by atoms with Crippen LogP contribution >= 0.6 is 28.1 Å². The standard InChI is InChI=1S/C8H11BrN2OS/c9-4-10-8(12)7-5-1-2-6(3-5)11(7)13-10/h5-7H,1-4H2. The number of alkyl halides is 1. The molecule has 72 valence electrons. The van der Waals surface area contributed by atoms with Crippen molar-refractivity contribution in [1.29, 1.82) is 0 Å². The van der Waals surface area contributed by atoms with E-state index in [0.29, 0.717) is 23.3 Å². The average molecular weight is 263 g/mol. The van der Waals surface area contributed by atoms with Gasteiger partial charge in [0, 0.05) is 18.2 Å². The minimum Gasteiger partial charge on any atom is -0.272 e. The number of fused-ring (bicyclic) bond motifs is 5. The highest BCUT2D eigenvalue weighted by Crippen LogP contribution is 2.51. The van der Waals surface area contributed by atoms with Crippen molar-refractivity contribution in [2.75, 3.05) is 5.45 Å². The molecule has 0 aromatic rings. The van der Waals surface area contributed by atoms with Crippen molar-refractivity contribution in [2.24, 2.45) is 5.92 Å². The molecule has 0 spiro atoms. The first-order valence-electron chi connectivity index (χ1n) is 4.65. The van der Waals surface area contributed by atoms with E-state index >= 15 is 0 Å². The molecule has 2 saturated heterocycles. The lowest BCUT2D eigenvalue weighted by Gasteiger charge is -2.23. The number of hydrogen-bond acceptors (Lipinski definition) is 3. The Kier molecular flexibility index (Phi) is 1.89. The highest BCUT2D eigenvalue weighted by molar-refractivity contribution is 9.09. The van der Waals surface area contributed by atoms with Gasteiger partial charge in [-0.15, -0.1) is 0 Å². The molecule has 3 rings (SSSR count). The van der Waals surface area contributed by atoms with E-state index in [0.717, 1.165) is 0 Å². The van der Waals surface area contributed by atoms with Crippen LogP contribution in [0.3, 0.4) is 0 Å². The molecule has 13 heavy (non-hydrogen) atoms. The molecule has 0 N–H and O–H groups in total. The van der Waals surface area contributed by atoms with Gasteiger partial charge < -0.3 is 0 Å². The molecule has 3 aliphatic rings. The molecule has 1 aliphatic carbocycles. The Morgan fingerprint density at radius 1 is 1.54 bits per heavy atom. The first kappa shape index (κ1) is 8.56. The van der Waals surface area contributed by atoms with Crippen LogP contribution < -0.4 is 0 Å². The summed E-state index contributed by atoms with van der Waals surface area (Å²) in [6.07, 6.45) is 3.80. The van der Waals surface area contributed by atoms with Gasteiger partial charge in [0.15, 0.2) is 0 Å². The Hall–Kier alpha value is 0.260. The monoisotopic (exact) mass is 262 g/mol. The molecular weight excluding hydrogens is 252 g/mol. The van der Waals surface area contributed by atoms with Crippen molar-refractivity contribution in [2.45, 2.75) is 31.3 Å². The van der Waals surface area contributed by atoms with Crippen molar-refractivity contribution in [1.82, 2.24) is 8.61 Å². The third kappa shape index (κ3) is 1.04. The van der Waals surface area contributed by atoms with Gasteiger partial charge in [0.2, 0.25) is 0 Å². The van der Waals surface area contributed by atoms with Crippen LogP contribution in [0.4, 0.5) is 0 Å². The van der Waals surface area contributed by atoms with E-state index < -0.39 is 0 Å². The topological polar surface area (TPSA) is 23.6 Å². The summed E-state index contributed by atoms with van der Waals surface area (Å²) in [7, 11) is 0. The lowest BCUT2D eigenvalue weighted by molar-refractivity contribution is -0.128. The van der Waals surface area contributed by atoms with Crippen LogP contribution in [0.2, 0.25) is 0 Å². The second-order valence-electron chi connectivity index (χ2n) is 3.95. The number of carbonyl (C=O) groups excluding carboxylic acids is 1. The zero-order chi connectivity index (χ0) is 9.00. The number of carbonyl (C=O) groups is 1. The smallest absolute Gasteiger partial charge is 0.252 e. The maximum absolute atomic E-state index is 11.8. The molecule has 1 saturated carbocycles. The SMILES string of the molecule is O=C1C2C3CCC(C3)N2SN1CBr. The third-order valence-electron chi connectivity index (χ3n) is 3.33. The summed E-state index contributed by atoms with van der Waals surface area (Å²) in [5, 5.41) is 0. The fourth-order valence-corrected chi connectivity index (χ4v) is 4.42. The van der Waals surface area contributed by atoms with Crippen LogP contribution in [0, 0.1) is 5.92 Å². The molecule has 0 radical (unpaired) electrons. The Bertz CT molecular complexity index is 263. The molecule has 3 atom stereocenters. The van der Waals surface area contributed by atoms with Gasteiger partial charge in [0.1, 0.15) is 6.04 Å². The summed E-state index contributed by atoms with van der Waals surface area (Å²) >= 11 is 4.97. The first-order valence-corrected chi connectivity index (χ1v) is 6.50. The highest BCUT2D eigenvalue weighted by Gasteiger charge is 2.55. The molecule has 1 amide bonds. The second kappa shape index (κ2) is 2.87. The normalized spacial score (nSPS) is 43.3. The van der Waals surface area contributed by atoms with Crippen LogP contribution in [-0.2, 0) is 4.79 Å². The number of rotatable bonds is 1. The molecule has 2 bridgehead atoms. The molecule has 3 unspecified atom stereocenters. The molecule has 3 fully saturated rings. The van der Waals surface area contributed by atoms with Crippen molar-refractivity contribution >= 4 is 34.0 Å². The van der Waals surface area contributed by atoms with Crippen LogP contribution in [0.1, 0.15) is 19.3 Å². The van der Waals surface area contributed by atoms with Crippen molar-refractivity contribution in [3.63, 3.8) is 0 Å². The van der Waals surface area contributed by atoms with E-state index in [9.17, 15) is 4.79 Å². The van der Waals surface area contributed by atoms with Crippen LogP contribution in [0.15, 0.2) is 0 Å². The number of halogens is 1. The van der Waals surface area contributed by atoms with E-state index in [4.69, 9.17) is 0 Å². The first-order chi connectivity index (χ1) is 6.31. The molecule has 0 aromatic heterocycles. The maximum atomic E-state index is 11.8. The molecule has 2 aliphatic heterocycles. The van der Waals surface area contributed by atoms with Gasteiger partial charge in [-0.1, -0.05) is 15.9 Å². The summed E-state index contributed by atoms with van der Waals surface area (Å²) in [4.78, 5) is 11.8. The number of amides is 1. The summed E-state index contributed by atoms with van der Waals surface area (Å²) in [6.45, 7) is 0. The van der Waals surface area contributed by atoms with Crippen LogP contribution in [0.25, 0.3) is 0 Å². The van der Waals surface area contributed by atoms with Gasteiger partial charge in [0.05, 0.1) is 5.45 Å².